The van der Waals surface area contributed by atoms with Crippen molar-refractivity contribution in [1.29, 1.82) is 0 Å². The molecule has 2 aromatic rings. The summed E-state index contributed by atoms with van der Waals surface area (Å²) in [4.78, 5) is 0. The predicted molar refractivity (Wildman–Crippen MR) is 91.9 cm³/mol. The van der Waals surface area contributed by atoms with Crippen molar-refractivity contribution in [3.63, 3.8) is 0 Å². The highest BCUT2D eigenvalue weighted by atomic mass is 19.1. The van der Waals surface area contributed by atoms with Crippen molar-refractivity contribution in [3.05, 3.63) is 54.1 Å². The molecule has 1 aliphatic rings. The second kappa shape index (κ2) is 7.78. The number of hydrogen-bond donors (Lipinski definition) is 0. The van der Waals surface area contributed by atoms with Gasteiger partial charge in [0.25, 0.3) is 0 Å². The van der Waals surface area contributed by atoms with Gasteiger partial charge in [0.2, 0.25) is 0 Å². The Morgan fingerprint density at radius 2 is 1.79 bits per heavy atom. The summed E-state index contributed by atoms with van der Waals surface area (Å²) in [6.07, 6.45) is 6.27. The van der Waals surface area contributed by atoms with Crippen LogP contribution in [-0.2, 0) is 0 Å². The van der Waals surface area contributed by atoms with E-state index in [0.29, 0.717) is 29.4 Å². The van der Waals surface area contributed by atoms with E-state index in [0.717, 1.165) is 12.0 Å². The third kappa shape index (κ3) is 4.14. The van der Waals surface area contributed by atoms with E-state index in [-0.39, 0.29) is 0 Å². The number of benzene rings is 2. The fourth-order valence-electron chi connectivity index (χ4n) is 3.43. The van der Waals surface area contributed by atoms with Crippen molar-refractivity contribution in [2.45, 2.75) is 39.0 Å². The van der Waals surface area contributed by atoms with E-state index < -0.39 is 11.6 Å². The first-order valence-electron chi connectivity index (χ1n) is 8.75. The van der Waals surface area contributed by atoms with E-state index >= 15 is 0 Å². The van der Waals surface area contributed by atoms with E-state index in [1.54, 1.807) is 18.2 Å². The summed E-state index contributed by atoms with van der Waals surface area (Å²) in [5, 5.41) is 0. The molecular formula is C21H23F2O. The van der Waals surface area contributed by atoms with Crippen LogP contribution in [0, 0.1) is 29.5 Å². The molecule has 127 valence electrons. The van der Waals surface area contributed by atoms with Gasteiger partial charge in [0.1, 0.15) is 17.4 Å². The minimum Gasteiger partial charge on any atom is -0.493 e. The molecule has 0 saturated heterocycles. The molecule has 1 saturated carbocycles. The average molecular weight is 329 g/mol. The smallest absolute Gasteiger partial charge is 0.133 e. The minimum absolute atomic E-state index is 0.374. The van der Waals surface area contributed by atoms with Crippen molar-refractivity contribution in [2.75, 3.05) is 6.61 Å². The van der Waals surface area contributed by atoms with Gasteiger partial charge in [0.05, 0.1) is 6.61 Å². The van der Waals surface area contributed by atoms with Gasteiger partial charge in [0, 0.05) is 17.7 Å². The van der Waals surface area contributed by atoms with Crippen LogP contribution < -0.4 is 4.74 Å². The Kier molecular flexibility index (Phi) is 5.49. The highest BCUT2D eigenvalue weighted by molar-refractivity contribution is 5.65. The Hall–Kier alpha value is -1.90. The molecule has 3 rings (SSSR count). The van der Waals surface area contributed by atoms with E-state index in [1.165, 1.54) is 44.2 Å². The molecule has 1 radical (unpaired) electrons. The second-order valence-corrected chi connectivity index (χ2v) is 6.67. The van der Waals surface area contributed by atoms with E-state index in [2.05, 4.69) is 13.0 Å². The van der Waals surface area contributed by atoms with Gasteiger partial charge >= 0.3 is 0 Å². The molecule has 2 aromatic carbocycles. The Morgan fingerprint density at radius 3 is 2.50 bits per heavy atom. The summed E-state index contributed by atoms with van der Waals surface area (Å²) in [5.74, 6) is 0.946. The summed E-state index contributed by atoms with van der Waals surface area (Å²) < 4.78 is 32.9. The highest BCUT2D eigenvalue weighted by Gasteiger charge is 2.20. The number of hydrogen-bond acceptors (Lipinski definition) is 1. The maximum atomic E-state index is 13.9. The van der Waals surface area contributed by atoms with Crippen molar-refractivity contribution < 1.29 is 13.5 Å². The standard InChI is InChI=1S/C21H23F2O/c1-2-15-6-8-16(9-7-15)14-24-19-5-3-4-17(12-19)20-11-10-18(22)13-21(20)23/h3-4,10-13,15-16H,2,6-9,14H2,1H3. The Bertz CT molecular complexity index is 675. The number of rotatable bonds is 5. The van der Waals surface area contributed by atoms with Crippen LogP contribution in [-0.4, -0.2) is 6.61 Å². The van der Waals surface area contributed by atoms with E-state index in [4.69, 9.17) is 4.74 Å². The molecule has 0 aliphatic heterocycles. The molecule has 0 spiro atoms. The third-order valence-electron chi connectivity index (χ3n) is 5.04. The predicted octanol–water partition coefficient (Wildman–Crippen LogP) is 6.03. The molecule has 0 amide bonds. The van der Waals surface area contributed by atoms with Crippen LogP contribution in [0.1, 0.15) is 39.0 Å². The molecule has 0 unspecified atom stereocenters. The largest absolute Gasteiger partial charge is 0.493 e. The lowest BCUT2D eigenvalue weighted by Crippen LogP contribution is -2.19. The monoisotopic (exact) mass is 329 g/mol. The normalized spacial score (nSPS) is 20.8. The summed E-state index contributed by atoms with van der Waals surface area (Å²) >= 11 is 0. The second-order valence-electron chi connectivity index (χ2n) is 6.67. The molecule has 24 heavy (non-hydrogen) atoms. The number of ether oxygens (including phenoxy) is 1. The molecule has 1 aliphatic carbocycles. The maximum Gasteiger partial charge on any atom is 0.133 e. The molecule has 1 fully saturated rings. The summed E-state index contributed by atoms with van der Waals surface area (Å²) in [6.45, 7) is 2.94. The van der Waals surface area contributed by atoms with Crippen LogP contribution in [0.15, 0.2) is 36.4 Å². The quantitative estimate of drug-likeness (QED) is 0.651. The summed E-state index contributed by atoms with van der Waals surface area (Å²) in [5.41, 5.74) is 1.05. The van der Waals surface area contributed by atoms with Crippen LogP contribution in [0.4, 0.5) is 8.78 Å². The van der Waals surface area contributed by atoms with Crippen molar-refractivity contribution >= 4 is 0 Å². The third-order valence-corrected chi connectivity index (χ3v) is 5.04. The molecule has 0 N–H and O–H groups in total. The van der Waals surface area contributed by atoms with Gasteiger partial charge in [-0.25, -0.2) is 8.78 Å². The molecule has 3 heteroatoms. The lowest BCUT2D eigenvalue weighted by Gasteiger charge is -2.27. The van der Waals surface area contributed by atoms with Crippen molar-refractivity contribution in [3.8, 4) is 16.9 Å². The SMILES string of the molecule is CCC1CCC(COc2[c]ccc(-c3ccc(F)cc3F)c2)CC1. The van der Waals surface area contributed by atoms with Crippen LogP contribution in [0.5, 0.6) is 5.75 Å². The van der Waals surface area contributed by atoms with Crippen molar-refractivity contribution in [2.24, 2.45) is 11.8 Å². The van der Waals surface area contributed by atoms with Gasteiger partial charge in [-0.3, -0.25) is 0 Å². The van der Waals surface area contributed by atoms with Crippen LogP contribution in [0.3, 0.4) is 0 Å². The maximum absolute atomic E-state index is 13.9. The fourth-order valence-corrected chi connectivity index (χ4v) is 3.43. The van der Waals surface area contributed by atoms with Gasteiger partial charge in [-0.15, -0.1) is 0 Å². The van der Waals surface area contributed by atoms with Gasteiger partial charge in [0.15, 0.2) is 0 Å². The van der Waals surface area contributed by atoms with Crippen LogP contribution in [0.25, 0.3) is 11.1 Å². The first-order chi connectivity index (χ1) is 11.7. The summed E-state index contributed by atoms with van der Waals surface area (Å²) in [6, 6.07) is 11.9. The van der Waals surface area contributed by atoms with Crippen molar-refractivity contribution in [1.82, 2.24) is 0 Å². The molecule has 0 heterocycles. The minimum atomic E-state index is -0.571. The number of halogens is 2. The molecule has 0 atom stereocenters. The Morgan fingerprint density at radius 1 is 1.04 bits per heavy atom. The molecule has 0 bridgehead atoms. The average Bonchev–Trinajstić information content (AvgIpc) is 2.60. The van der Waals surface area contributed by atoms with E-state index in [1.807, 2.05) is 0 Å². The van der Waals surface area contributed by atoms with Gasteiger partial charge in [-0.05, 0) is 54.5 Å². The molecular weight excluding hydrogens is 306 g/mol. The first kappa shape index (κ1) is 16.9. The lowest BCUT2D eigenvalue weighted by atomic mass is 9.81. The Balaban J connectivity index is 1.63. The van der Waals surface area contributed by atoms with Crippen LogP contribution >= 0.6 is 0 Å². The topological polar surface area (TPSA) is 9.23 Å². The molecule has 0 aromatic heterocycles. The summed E-state index contributed by atoms with van der Waals surface area (Å²) in [7, 11) is 0. The zero-order valence-corrected chi connectivity index (χ0v) is 14.0. The lowest BCUT2D eigenvalue weighted by molar-refractivity contribution is 0.181. The van der Waals surface area contributed by atoms with Crippen LogP contribution in [0.2, 0.25) is 0 Å². The fraction of sp³-hybridized carbons (Fsp3) is 0.429. The zero-order chi connectivity index (χ0) is 16.9. The van der Waals surface area contributed by atoms with Gasteiger partial charge in [-0.2, -0.15) is 0 Å². The molecule has 1 nitrogen and oxygen atoms in total. The van der Waals surface area contributed by atoms with Gasteiger partial charge < -0.3 is 4.74 Å². The van der Waals surface area contributed by atoms with Gasteiger partial charge in [-0.1, -0.05) is 32.3 Å². The Labute approximate surface area is 142 Å². The van der Waals surface area contributed by atoms with E-state index in [9.17, 15) is 8.78 Å². The highest BCUT2D eigenvalue weighted by Crippen LogP contribution is 2.31. The first-order valence-corrected chi connectivity index (χ1v) is 8.75. The zero-order valence-electron chi connectivity index (χ0n) is 14.0.